The first-order valence-electron chi connectivity index (χ1n) is 9.29. The second kappa shape index (κ2) is 5.45. The maximum atomic E-state index is 8.60. The minimum atomic E-state index is 0.238. The number of hydrogen-bond donors (Lipinski definition) is 0. The molecule has 0 radical (unpaired) electrons. The number of aryl methyl sites for hydroxylation is 2. The molecule has 1 heterocycles. The van der Waals surface area contributed by atoms with Gasteiger partial charge in [-0.05, 0) is 54.8 Å². The lowest BCUT2D eigenvalue weighted by molar-refractivity contribution is -0.659. The third kappa shape index (κ3) is 2.20. The highest BCUT2D eigenvalue weighted by Gasteiger charge is 2.19. The van der Waals surface area contributed by atoms with Gasteiger partial charge < -0.3 is 0 Å². The molecule has 118 valence electrons. The third-order valence-electron chi connectivity index (χ3n) is 4.93. The maximum Gasteiger partial charge on any atom is 0.220 e. The van der Waals surface area contributed by atoms with Crippen molar-refractivity contribution in [3.8, 4) is 11.3 Å². The average molecular weight is 314 g/mol. The Labute approximate surface area is 146 Å². The summed E-state index contributed by atoms with van der Waals surface area (Å²) in [6.07, 6.45) is 0.238. The van der Waals surface area contributed by atoms with Crippen LogP contribution in [0.5, 0.6) is 0 Å². The molecule has 1 heteroatoms. The summed E-state index contributed by atoms with van der Waals surface area (Å²) in [5.74, 6) is 0. The molecule has 1 aromatic heterocycles. The van der Waals surface area contributed by atoms with Crippen LogP contribution in [0.25, 0.3) is 32.8 Å². The summed E-state index contributed by atoms with van der Waals surface area (Å²) < 4.78 is 19.0. The first-order valence-corrected chi connectivity index (χ1v) is 8.29. The van der Waals surface area contributed by atoms with E-state index in [9.17, 15) is 0 Å². The Morgan fingerprint density at radius 1 is 0.875 bits per heavy atom. The first-order chi connectivity index (χ1) is 12.4. The fourth-order valence-electron chi connectivity index (χ4n) is 3.59. The molecule has 0 N–H and O–H groups in total. The zero-order valence-corrected chi connectivity index (χ0v) is 14.6. The van der Waals surface area contributed by atoms with Crippen molar-refractivity contribution in [1.29, 1.82) is 0 Å². The Balaban J connectivity index is 2.26. The Bertz CT molecular complexity index is 1190. The molecule has 0 fully saturated rings. The molecule has 24 heavy (non-hydrogen) atoms. The van der Waals surface area contributed by atoms with Crippen molar-refractivity contribution in [3.05, 3.63) is 77.4 Å². The van der Waals surface area contributed by atoms with Crippen LogP contribution < -0.4 is 4.57 Å². The van der Waals surface area contributed by atoms with Crippen molar-refractivity contribution in [3.63, 3.8) is 0 Å². The molecule has 3 aromatic carbocycles. The van der Waals surface area contributed by atoms with Gasteiger partial charge in [0.05, 0.1) is 12.3 Å². The van der Waals surface area contributed by atoms with E-state index in [0.29, 0.717) is 0 Å². The maximum absolute atomic E-state index is 8.60. The highest BCUT2D eigenvalue weighted by molar-refractivity contribution is 6.10. The number of benzene rings is 3. The van der Waals surface area contributed by atoms with Crippen LogP contribution in [-0.4, -0.2) is 0 Å². The van der Waals surface area contributed by atoms with Crippen molar-refractivity contribution in [2.75, 3.05) is 0 Å². The Morgan fingerprint density at radius 3 is 2.50 bits per heavy atom. The van der Waals surface area contributed by atoms with Crippen molar-refractivity contribution in [2.24, 2.45) is 7.05 Å². The lowest BCUT2D eigenvalue weighted by Gasteiger charge is -2.12. The zero-order valence-electron chi connectivity index (χ0n) is 16.6. The summed E-state index contributed by atoms with van der Waals surface area (Å²) in [6.45, 7) is 6.37. The topological polar surface area (TPSA) is 3.88 Å². The fourth-order valence-corrected chi connectivity index (χ4v) is 3.59. The van der Waals surface area contributed by atoms with Crippen LogP contribution in [0.4, 0.5) is 0 Å². The van der Waals surface area contributed by atoms with Gasteiger partial charge in [-0.1, -0.05) is 42.0 Å². The van der Waals surface area contributed by atoms with Gasteiger partial charge in [-0.2, -0.15) is 0 Å². The van der Waals surface area contributed by atoms with E-state index in [-0.39, 0.29) is 12.2 Å². The summed E-state index contributed by atoms with van der Waals surface area (Å²) in [4.78, 5) is 0. The van der Waals surface area contributed by atoms with Crippen molar-refractivity contribution in [2.45, 2.75) is 20.8 Å². The van der Waals surface area contributed by atoms with Crippen molar-refractivity contribution in [1.82, 2.24) is 0 Å². The van der Waals surface area contributed by atoms with Crippen molar-refractivity contribution >= 4 is 21.5 Å². The summed E-state index contributed by atoms with van der Waals surface area (Å²) in [5, 5.41) is 4.03. The van der Waals surface area contributed by atoms with E-state index < -0.39 is 0 Å². The SMILES string of the molecule is [2H]c1c([2H])[n+](C)c(-c2cc(C)cc(C)c2C)c2ccc3ccccc3c12. The van der Waals surface area contributed by atoms with Gasteiger partial charge >= 0.3 is 0 Å². The van der Waals surface area contributed by atoms with Crippen LogP contribution in [0.3, 0.4) is 0 Å². The number of rotatable bonds is 1. The minimum absolute atomic E-state index is 0.238. The van der Waals surface area contributed by atoms with Crippen LogP contribution in [0.15, 0.2) is 60.7 Å². The van der Waals surface area contributed by atoms with E-state index in [4.69, 9.17) is 2.74 Å². The quantitative estimate of drug-likeness (QED) is 0.327. The van der Waals surface area contributed by atoms with Gasteiger partial charge in [-0.25, -0.2) is 4.57 Å². The normalized spacial score (nSPS) is 12.5. The highest BCUT2D eigenvalue weighted by atomic mass is 14.9. The molecule has 0 unspecified atom stereocenters. The number of pyridine rings is 1. The second-order valence-corrected chi connectivity index (χ2v) is 6.61. The molecule has 0 saturated carbocycles. The third-order valence-corrected chi connectivity index (χ3v) is 4.93. The highest BCUT2D eigenvalue weighted by Crippen LogP contribution is 2.33. The lowest BCUT2D eigenvalue weighted by Crippen LogP contribution is -2.30. The van der Waals surface area contributed by atoms with Crippen LogP contribution in [0.1, 0.15) is 19.4 Å². The minimum Gasteiger partial charge on any atom is -0.200 e. The van der Waals surface area contributed by atoms with E-state index >= 15 is 0 Å². The zero-order chi connectivity index (χ0) is 18.6. The number of nitrogens with zero attached hydrogens (tertiary/aromatic N) is 1. The van der Waals surface area contributed by atoms with E-state index in [2.05, 4.69) is 51.1 Å². The fraction of sp³-hybridized carbons (Fsp3) is 0.174. The second-order valence-electron chi connectivity index (χ2n) is 6.61. The standard InChI is InChI=1S/C23H22N/c1-15-13-16(2)17(3)22(14-15)23-21-10-9-18-7-5-6-8-19(18)20(21)11-12-24(23)4/h5-14H,1-4H3/q+1/i11D,12D. The van der Waals surface area contributed by atoms with Crippen LogP contribution in [0.2, 0.25) is 0 Å². The van der Waals surface area contributed by atoms with Gasteiger partial charge in [0.1, 0.15) is 8.42 Å². The van der Waals surface area contributed by atoms with E-state index in [0.717, 1.165) is 32.8 Å². The predicted octanol–water partition coefficient (Wildman–Crippen LogP) is 5.41. The Kier molecular flexibility index (Phi) is 2.89. The van der Waals surface area contributed by atoms with Gasteiger partial charge in [0, 0.05) is 11.4 Å². The van der Waals surface area contributed by atoms with E-state index in [1.54, 1.807) is 0 Å². The predicted molar refractivity (Wildman–Crippen MR) is 102 cm³/mol. The molecule has 4 aromatic rings. The first kappa shape index (κ1) is 12.7. The molecule has 0 saturated heterocycles. The van der Waals surface area contributed by atoms with Crippen molar-refractivity contribution < 1.29 is 7.31 Å². The molecule has 0 bridgehead atoms. The Morgan fingerprint density at radius 2 is 1.67 bits per heavy atom. The molecule has 4 rings (SSSR count). The number of fused-ring (bicyclic) bond motifs is 3. The monoisotopic (exact) mass is 314 g/mol. The summed E-state index contributed by atoms with van der Waals surface area (Å²) in [7, 11) is 1.89. The molecule has 1 nitrogen and oxygen atoms in total. The van der Waals surface area contributed by atoms with E-state index in [1.165, 1.54) is 16.7 Å². The summed E-state index contributed by atoms with van der Waals surface area (Å²) in [6, 6.07) is 17.0. The van der Waals surface area contributed by atoms with Gasteiger partial charge in [0.25, 0.3) is 0 Å². The van der Waals surface area contributed by atoms with Crippen LogP contribution in [-0.2, 0) is 7.05 Å². The molecule has 0 spiro atoms. The van der Waals surface area contributed by atoms with Crippen LogP contribution in [0, 0.1) is 20.8 Å². The molecule has 0 aliphatic carbocycles. The largest absolute Gasteiger partial charge is 0.220 e. The Hall–Kier alpha value is -2.67. The van der Waals surface area contributed by atoms with Gasteiger partial charge in [-0.15, -0.1) is 0 Å². The van der Waals surface area contributed by atoms with E-state index in [1.807, 2.05) is 29.8 Å². The molecular formula is C23H22N+. The molecular weight excluding hydrogens is 290 g/mol. The molecule has 0 aliphatic rings. The van der Waals surface area contributed by atoms with Gasteiger partial charge in [0.15, 0.2) is 6.17 Å². The number of hydrogen-bond acceptors (Lipinski definition) is 0. The average Bonchev–Trinajstić information content (AvgIpc) is 2.63. The van der Waals surface area contributed by atoms with Gasteiger partial charge in [0.2, 0.25) is 5.69 Å². The lowest BCUT2D eigenvalue weighted by atomic mass is 9.93. The summed E-state index contributed by atoms with van der Waals surface area (Å²) in [5.41, 5.74) is 5.82. The smallest absolute Gasteiger partial charge is 0.200 e. The molecule has 0 aliphatic heterocycles. The van der Waals surface area contributed by atoms with Crippen LogP contribution >= 0.6 is 0 Å². The molecule has 0 atom stereocenters. The number of aromatic nitrogens is 1. The summed E-state index contributed by atoms with van der Waals surface area (Å²) >= 11 is 0. The van der Waals surface area contributed by atoms with Gasteiger partial charge in [-0.3, -0.25) is 0 Å². The molecule has 0 amide bonds.